The van der Waals surface area contributed by atoms with Gasteiger partial charge in [-0.25, -0.2) is 14.6 Å². The van der Waals surface area contributed by atoms with Gasteiger partial charge in [-0.15, -0.1) is 0 Å². The lowest BCUT2D eigenvalue weighted by atomic mass is 9.76. The summed E-state index contributed by atoms with van der Waals surface area (Å²) < 4.78 is 4.55. The van der Waals surface area contributed by atoms with Crippen LogP contribution in [0.3, 0.4) is 0 Å². The molecule has 0 aliphatic heterocycles. The van der Waals surface area contributed by atoms with Crippen LogP contribution in [0.15, 0.2) is 6.20 Å². The van der Waals surface area contributed by atoms with Gasteiger partial charge in [0.15, 0.2) is 0 Å². The highest BCUT2D eigenvalue weighted by molar-refractivity contribution is 5.85. The Morgan fingerprint density at radius 2 is 2.29 bits per heavy atom. The van der Waals surface area contributed by atoms with Crippen LogP contribution in [0.25, 0.3) is 0 Å². The number of ether oxygens (including phenoxy) is 1. The van der Waals surface area contributed by atoms with Crippen LogP contribution in [0.1, 0.15) is 35.6 Å². The van der Waals surface area contributed by atoms with Crippen molar-refractivity contribution in [3.63, 3.8) is 0 Å². The third kappa shape index (κ3) is 1.95. The van der Waals surface area contributed by atoms with Crippen molar-refractivity contribution < 1.29 is 19.4 Å². The second kappa shape index (κ2) is 4.08. The Morgan fingerprint density at radius 3 is 2.71 bits per heavy atom. The van der Waals surface area contributed by atoms with E-state index >= 15 is 0 Å². The topological polar surface area (TPSA) is 104 Å². The van der Waals surface area contributed by atoms with Crippen LogP contribution in [-0.2, 0) is 10.3 Å². The fraction of sp³-hybridized carbons (Fsp3) is 0.500. The molecule has 0 atom stereocenters. The van der Waals surface area contributed by atoms with Crippen LogP contribution < -0.4 is 5.32 Å². The first-order valence-electron chi connectivity index (χ1n) is 5.22. The Balaban J connectivity index is 2.22. The fourth-order valence-electron chi connectivity index (χ4n) is 1.87. The predicted octanol–water partition coefficient (Wildman–Crippen LogP) is 0.843. The van der Waals surface area contributed by atoms with E-state index in [-0.39, 0.29) is 5.69 Å². The molecule has 1 fully saturated rings. The van der Waals surface area contributed by atoms with Gasteiger partial charge in [-0.1, -0.05) is 0 Å². The lowest BCUT2D eigenvalue weighted by molar-refractivity contribution is 0.0690. The molecule has 1 amide bonds. The summed E-state index contributed by atoms with van der Waals surface area (Å²) in [4.78, 5) is 28.7. The molecule has 0 saturated heterocycles. The van der Waals surface area contributed by atoms with E-state index in [9.17, 15) is 9.59 Å². The Kier molecular flexibility index (Phi) is 2.74. The molecule has 0 bridgehead atoms. The number of aromatic amines is 1. The largest absolute Gasteiger partial charge is 0.477 e. The normalized spacial score (nSPS) is 17.0. The molecule has 0 aromatic carbocycles. The maximum Gasteiger partial charge on any atom is 0.407 e. The summed E-state index contributed by atoms with van der Waals surface area (Å²) in [5.41, 5.74) is -0.598. The number of carboxylic acids is 1. The number of hydrogen-bond acceptors (Lipinski definition) is 4. The van der Waals surface area contributed by atoms with E-state index in [0.717, 1.165) is 6.42 Å². The van der Waals surface area contributed by atoms with Crippen LogP contribution in [0.4, 0.5) is 4.79 Å². The second-order valence-electron chi connectivity index (χ2n) is 4.00. The number of carbonyl (C=O) groups is 2. The van der Waals surface area contributed by atoms with E-state index in [1.165, 1.54) is 13.3 Å². The van der Waals surface area contributed by atoms with Gasteiger partial charge in [0, 0.05) is 0 Å². The van der Waals surface area contributed by atoms with E-state index in [4.69, 9.17) is 5.11 Å². The van der Waals surface area contributed by atoms with Gasteiger partial charge in [0.05, 0.1) is 13.3 Å². The van der Waals surface area contributed by atoms with Gasteiger partial charge in [-0.3, -0.25) is 0 Å². The molecule has 0 spiro atoms. The molecule has 7 nitrogen and oxygen atoms in total. The molecule has 0 radical (unpaired) electrons. The van der Waals surface area contributed by atoms with Gasteiger partial charge in [0.2, 0.25) is 0 Å². The number of hydrogen-bond donors (Lipinski definition) is 3. The average Bonchev–Trinajstić information content (AvgIpc) is 2.72. The zero-order chi connectivity index (χ0) is 12.5. The van der Waals surface area contributed by atoms with Gasteiger partial charge >= 0.3 is 12.1 Å². The number of aromatic nitrogens is 2. The number of imidazole rings is 1. The predicted molar refractivity (Wildman–Crippen MR) is 56.6 cm³/mol. The summed E-state index contributed by atoms with van der Waals surface area (Å²) in [6.45, 7) is 0. The van der Waals surface area contributed by atoms with Gasteiger partial charge in [0.1, 0.15) is 17.1 Å². The van der Waals surface area contributed by atoms with Crippen molar-refractivity contribution >= 4 is 12.1 Å². The lowest BCUT2D eigenvalue weighted by Gasteiger charge is -2.40. The molecule has 92 valence electrons. The second-order valence-corrected chi connectivity index (χ2v) is 4.00. The fourth-order valence-corrected chi connectivity index (χ4v) is 1.87. The summed E-state index contributed by atoms with van der Waals surface area (Å²) in [5, 5.41) is 11.5. The zero-order valence-corrected chi connectivity index (χ0v) is 9.32. The summed E-state index contributed by atoms with van der Waals surface area (Å²) in [5.74, 6) is -0.608. The number of carboxylic acid groups (broad SMARTS) is 1. The third-order valence-electron chi connectivity index (χ3n) is 2.99. The number of nitrogens with one attached hydrogen (secondary N) is 2. The van der Waals surface area contributed by atoms with Crippen molar-refractivity contribution in [2.24, 2.45) is 0 Å². The highest BCUT2D eigenvalue weighted by Gasteiger charge is 2.43. The molecule has 1 aromatic rings. The minimum absolute atomic E-state index is 0.0120. The third-order valence-corrected chi connectivity index (χ3v) is 2.99. The number of carbonyl (C=O) groups excluding carboxylic acids is 1. The maximum absolute atomic E-state index is 11.2. The first-order valence-corrected chi connectivity index (χ1v) is 5.22. The van der Waals surface area contributed by atoms with Crippen molar-refractivity contribution in [3.8, 4) is 0 Å². The molecule has 1 heterocycles. The highest BCUT2D eigenvalue weighted by atomic mass is 16.5. The minimum Gasteiger partial charge on any atom is -0.477 e. The molecule has 7 heteroatoms. The first kappa shape index (κ1) is 11.4. The quantitative estimate of drug-likeness (QED) is 0.725. The van der Waals surface area contributed by atoms with Crippen molar-refractivity contribution in [2.75, 3.05) is 7.11 Å². The Bertz CT molecular complexity index is 450. The molecule has 1 aliphatic carbocycles. The van der Waals surface area contributed by atoms with Crippen LogP contribution >= 0.6 is 0 Å². The van der Waals surface area contributed by atoms with Gasteiger partial charge < -0.3 is 20.1 Å². The highest BCUT2D eigenvalue weighted by Crippen LogP contribution is 2.39. The summed E-state index contributed by atoms with van der Waals surface area (Å²) in [6, 6.07) is 0. The van der Waals surface area contributed by atoms with Crippen LogP contribution in [0.5, 0.6) is 0 Å². The van der Waals surface area contributed by atoms with E-state index in [1.54, 1.807) is 0 Å². The Hall–Kier alpha value is -2.05. The van der Waals surface area contributed by atoms with Crippen molar-refractivity contribution in [2.45, 2.75) is 24.8 Å². The number of aromatic carboxylic acids is 1. The minimum atomic E-state index is -1.07. The first-order chi connectivity index (χ1) is 8.07. The molecule has 17 heavy (non-hydrogen) atoms. The molecule has 1 aliphatic rings. The van der Waals surface area contributed by atoms with E-state index in [1.807, 2.05) is 0 Å². The number of alkyl carbamates (subject to hydrolysis) is 1. The Morgan fingerprint density at radius 1 is 1.59 bits per heavy atom. The molecule has 2 rings (SSSR count). The SMILES string of the molecule is COC(=O)NC1(c2ncc(C(=O)O)[nH]2)CCC1. The van der Waals surface area contributed by atoms with Gasteiger partial charge in [-0.05, 0) is 19.3 Å². The molecule has 1 aromatic heterocycles. The van der Waals surface area contributed by atoms with Crippen molar-refractivity contribution in [1.29, 1.82) is 0 Å². The number of amides is 1. The van der Waals surface area contributed by atoms with E-state index in [2.05, 4.69) is 20.0 Å². The number of H-pyrrole nitrogens is 1. The van der Waals surface area contributed by atoms with Crippen molar-refractivity contribution in [3.05, 3.63) is 17.7 Å². The summed E-state index contributed by atoms with van der Waals surface area (Å²) in [6.07, 6.45) is 3.09. The number of rotatable bonds is 3. The van der Waals surface area contributed by atoms with Crippen LogP contribution in [0.2, 0.25) is 0 Å². The molecule has 1 saturated carbocycles. The van der Waals surface area contributed by atoms with E-state index < -0.39 is 17.6 Å². The molecular formula is C10H13N3O4. The van der Waals surface area contributed by atoms with Crippen LogP contribution in [-0.4, -0.2) is 34.2 Å². The maximum atomic E-state index is 11.2. The summed E-state index contributed by atoms with van der Waals surface area (Å²) >= 11 is 0. The van der Waals surface area contributed by atoms with Gasteiger partial charge in [-0.2, -0.15) is 0 Å². The van der Waals surface area contributed by atoms with Crippen LogP contribution in [0, 0.1) is 0 Å². The van der Waals surface area contributed by atoms with Crippen molar-refractivity contribution in [1.82, 2.24) is 15.3 Å². The zero-order valence-electron chi connectivity index (χ0n) is 9.32. The van der Waals surface area contributed by atoms with Gasteiger partial charge in [0.25, 0.3) is 0 Å². The smallest absolute Gasteiger partial charge is 0.407 e. The number of methoxy groups -OCH3 is 1. The Labute approximate surface area is 97.2 Å². The standard InChI is InChI=1S/C10H13N3O4/c1-17-9(16)13-10(3-2-4-10)8-11-5-6(12-8)7(14)15/h5H,2-4H2,1H3,(H,11,12)(H,13,16)(H,14,15). The molecular weight excluding hydrogens is 226 g/mol. The monoisotopic (exact) mass is 239 g/mol. The average molecular weight is 239 g/mol. The number of nitrogens with zero attached hydrogens (tertiary/aromatic N) is 1. The summed E-state index contributed by atoms with van der Waals surface area (Å²) in [7, 11) is 1.28. The molecule has 0 unspecified atom stereocenters. The van der Waals surface area contributed by atoms with E-state index in [0.29, 0.717) is 18.7 Å². The lowest BCUT2D eigenvalue weighted by Crippen LogP contribution is -2.51. The molecule has 3 N–H and O–H groups in total.